The molecule has 2 unspecified atom stereocenters. The molecule has 2 heteroatoms. The van der Waals surface area contributed by atoms with Crippen molar-refractivity contribution in [2.75, 3.05) is 11.9 Å². The van der Waals surface area contributed by atoms with Gasteiger partial charge in [-0.15, -0.1) is 0 Å². The first-order valence-electron chi connectivity index (χ1n) is 8.63. The third kappa shape index (κ3) is 5.03. The summed E-state index contributed by atoms with van der Waals surface area (Å²) in [6, 6.07) is 9.20. The number of benzene rings is 1. The van der Waals surface area contributed by atoms with Crippen LogP contribution in [0.1, 0.15) is 58.4 Å². The first kappa shape index (κ1) is 16.4. The molecular formula is C19H31NO. The summed E-state index contributed by atoms with van der Waals surface area (Å²) in [4.78, 5) is 0. The summed E-state index contributed by atoms with van der Waals surface area (Å²) in [6.45, 7) is 8.27. The Morgan fingerprint density at radius 3 is 2.71 bits per heavy atom. The predicted octanol–water partition coefficient (Wildman–Crippen LogP) is 5.24. The highest BCUT2D eigenvalue weighted by molar-refractivity contribution is 5.51. The first-order chi connectivity index (χ1) is 10.2. The molecule has 21 heavy (non-hydrogen) atoms. The van der Waals surface area contributed by atoms with Crippen LogP contribution in [0.2, 0.25) is 0 Å². The molecule has 0 radical (unpaired) electrons. The summed E-state index contributed by atoms with van der Waals surface area (Å²) >= 11 is 0. The van der Waals surface area contributed by atoms with Gasteiger partial charge in [0.05, 0.1) is 6.61 Å². The van der Waals surface area contributed by atoms with E-state index in [0.717, 1.165) is 18.4 Å². The van der Waals surface area contributed by atoms with Crippen LogP contribution in [0.15, 0.2) is 24.3 Å². The molecule has 1 saturated carbocycles. The maximum atomic E-state index is 5.58. The summed E-state index contributed by atoms with van der Waals surface area (Å²) in [6.07, 6.45) is 6.71. The van der Waals surface area contributed by atoms with E-state index in [0.29, 0.717) is 12.6 Å². The fourth-order valence-electron chi connectivity index (χ4n) is 3.36. The fourth-order valence-corrected chi connectivity index (χ4v) is 3.36. The average molecular weight is 289 g/mol. The summed E-state index contributed by atoms with van der Waals surface area (Å²) < 4.78 is 5.58. The Kier molecular flexibility index (Phi) is 6.56. The maximum absolute atomic E-state index is 5.58. The van der Waals surface area contributed by atoms with Crippen LogP contribution < -0.4 is 5.32 Å². The molecule has 0 aliphatic heterocycles. The Labute approximate surface area is 130 Å². The molecule has 2 nitrogen and oxygen atoms in total. The minimum absolute atomic E-state index is 0.622. The van der Waals surface area contributed by atoms with E-state index in [1.807, 2.05) is 6.92 Å². The van der Waals surface area contributed by atoms with Crippen LogP contribution in [0.5, 0.6) is 0 Å². The van der Waals surface area contributed by atoms with Gasteiger partial charge >= 0.3 is 0 Å². The Morgan fingerprint density at radius 2 is 1.95 bits per heavy atom. The molecule has 1 fully saturated rings. The number of nitrogens with one attached hydrogen (secondary N) is 1. The van der Waals surface area contributed by atoms with Gasteiger partial charge < -0.3 is 10.1 Å². The normalized spacial score (nSPS) is 23.0. The van der Waals surface area contributed by atoms with Crippen molar-refractivity contribution >= 4 is 5.69 Å². The van der Waals surface area contributed by atoms with Crippen molar-refractivity contribution in [2.45, 2.75) is 65.5 Å². The van der Waals surface area contributed by atoms with Gasteiger partial charge in [0.25, 0.3) is 0 Å². The zero-order valence-electron chi connectivity index (χ0n) is 13.9. The molecule has 1 aromatic carbocycles. The average Bonchev–Trinajstić information content (AvgIpc) is 2.72. The van der Waals surface area contributed by atoms with Gasteiger partial charge in [-0.05, 0) is 44.1 Å². The standard InChI is InChI=1S/C19H31NO/c1-4-21-14-17-8-5-6-11-19(17)20-18-10-7-9-16(12-13-18)15(2)3/h5-6,8,11,15-16,18,20H,4,7,9-10,12-14H2,1-3H3. The second-order valence-electron chi connectivity index (χ2n) is 6.65. The second kappa shape index (κ2) is 8.43. The largest absolute Gasteiger partial charge is 0.382 e. The van der Waals surface area contributed by atoms with E-state index in [4.69, 9.17) is 4.74 Å². The second-order valence-corrected chi connectivity index (χ2v) is 6.65. The molecule has 0 saturated heterocycles. The smallest absolute Gasteiger partial charge is 0.0736 e. The van der Waals surface area contributed by atoms with Crippen LogP contribution >= 0.6 is 0 Å². The lowest BCUT2D eigenvalue weighted by molar-refractivity contribution is 0.134. The van der Waals surface area contributed by atoms with Crippen molar-refractivity contribution in [3.63, 3.8) is 0 Å². The van der Waals surface area contributed by atoms with Gasteiger partial charge in [0.1, 0.15) is 0 Å². The fraction of sp³-hybridized carbons (Fsp3) is 0.684. The molecule has 0 amide bonds. The van der Waals surface area contributed by atoms with Crippen molar-refractivity contribution < 1.29 is 4.74 Å². The van der Waals surface area contributed by atoms with E-state index >= 15 is 0 Å². The minimum atomic E-state index is 0.622. The number of rotatable bonds is 6. The molecule has 0 bridgehead atoms. The van der Waals surface area contributed by atoms with E-state index in [1.54, 1.807) is 0 Å². The summed E-state index contributed by atoms with van der Waals surface area (Å²) in [5.74, 6) is 1.74. The highest BCUT2D eigenvalue weighted by Crippen LogP contribution is 2.30. The van der Waals surface area contributed by atoms with Crippen LogP contribution in [0.25, 0.3) is 0 Å². The highest BCUT2D eigenvalue weighted by atomic mass is 16.5. The van der Waals surface area contributed by atoms with Crippen LogP contribution in [-0.4, -0.2) is 12.6 Å². The van der Waals surface area contributed by atoms with Gasteiger partial charge in [-0.1, -0.05) is 44.9 Å². The van der Waals surface area contributed by atoms with Gasteiger partial charge in [-0.25, -0.2) is 0 Å². The molecule has 1 aliphatic carbocycles. The maximum Gasteiger partial charge on any atom is 0.0736 e. The van der Waals surface area contributed by atoms with Crippen molar-refractivity contribution in [1.29, 1.82) is 0 Å². The molecule has 1 N–H and O–H groups in total. The quantitative estimate of drug-likeness (QED) is 0.723. The lowest BCUT2D eigenvalue weighted by Gasteiger charge is -2.21. The minimum Gasteiger partial charge on any atom is -0.382 e. The van der Waals surface area contributed by atoms with Gasteiger partial charge in [-0.2, -0.15) is 0 Å². The molecule has 1 aromatic rings. The van der Waals surface area contributed by atoms with E-state index in [2.05, 4.69) is 43.4 Å². The van der Waals surface area contributed by atoms with E-state index in [9.17, 15) is 0 Å². The molecule has 0 heterocycles. The van der Waals surface area contributed by atoms with Gasteiger partial charge in [0, 0.05) is 23.9 Å². The Morgan fingerprint density at radius 1 is 1.14 bits per heavy atom. The van der Waals surface area contributed by atoms with Crippen LogP contribution in [0, 0.1) is 11.8 Å². The van der Waals surface area contributed by atoms with Crippen LogP contribution in [-0.2, 0) is 11.3 Å². The summed E-state index contributed by atoms with van der Waals surface area (Å²) in [7, 11) is 0. The number of anilines is 1. The number of para-hydroxylation sites is 1. The van der Waals surface area contributed by atoms with Gasteiger partial charge in [0.15, 0.2) is 0 Å². The Hall–Kier alpha value is -1.02. The van der Waals surface area contributed by atoms with Crippen molar-refractivity contribution in [1.82, 2.24) is 0 Å². The van der Waals surface area contributed by atoms with Crippen molar-refractivity contribution in [3.05, 3.63) is 29.8 Å². The molecular weight excluding hydrogens is 258 g/mol. The number of hydrogen-bond donors (Lipinski definition) is 1. The Balaban J connectivity index is 1.95. The van der Waals surface area contributed by atoms with Crippen LogP contribution in [0.3, 0.4) is 0 Å². The lowest BCUT2D eigenvalue weighted by atomic mass is 9.89. The van der Waals surface area contributed by atoms with Crippen molar-refractivity contribution in [2.24, 2.45) is 11.8 Å². The molecule has 0 spiro atoms. The van der Waals surface area contributed by atoms with Gasteiger partial charge in [-0.3, -0.25) is 0 Å². The molecule has 118 valence electrons. The molecule has 0 aromatic heterocycles. The summed E-state index contributed by atoms with van der Waals surface area (Å²) in [5.41, 5.74) is 2.54. The first-order valence-corrected chi connectivity index (χ1v) is 8.63. The van der Waals surface area contributed by atoms with E-state index in [1.165, 1.54) is 43.4 Å². The SMILES string of the molecule is CCOCc1ccccc1NC1CCCC(C(C)C)CC1. The zero-order valence-corrected chi connectivity index (χ0v) is 13.9. The van der Waals surface area contributed by atoms with Crippen LogP contribution in [0.4, 0.5) is 5.69 Å². The predicted molar refractivity (Wildman–Crippen MR) is 90.6 cm³/mol. The number of ether oxygens (including phenoxy) is 1. The van der Waals surface area contributed by atoms with Gasteiger partial charge in [0.2, 0.25) is 0 Å². The number of hydrogen-bond acceptors (Lipinski definition) is 2. The molecule has 1 aliphatic rings. The topological polar surface area (TPSA) is 21.3 Å². The summed E-state index contributed by atoms with van der Waals surface area (Å²) in [5, 5.41) is 3.78. The molecule has 2 atom stereocenters. The third-order valence-corrected chi connectivity index (χ3v) is 4.79. The lowest BCUT2D eigenvalue weighted by Crippen LogP contribution is -2.19. The van der Waals surface area contributed by atoms with Crippen molar-refractivity contribution in [3.8, 4) is 0 Å². The van der Waals surface area contributed by atoms with E-state index in [-0.39, 0.29) is 0 Å². The Bertz CT molecular complexity index is 416. The third-order valence-electron chi connectivity index (χ3n) is 4.79. The molecule has 2 rings (SSSR count). The monoisotopic (exact) mass is 289 g/mol. The van der Waals surface area contributed by atoms with E-state index < -0.39 is 0 Å². The zero-order chi connectivity index (χ0) is 15.1. The highest BCUT2D eigenvalue weighted by Gasteiger charge is 2.21.